The van der Waals surface area contributed by atoms with Crippen molar-refractivity contribution >= 4 is 17.2 Å². The molecule has 0 radical (unpaired) electrons. The first-order valence-electron chi connectivity index (χ1n) is 5.40. The molecule has 3 nitrogen and oxygen atoms in total. The summed E-state index contributed by atoms with van der Waals surface area (Å²) in [6.07, 6.45) is 1.73. The van der Waals surface area contributed by atoms with Gasteiger partial charge in [-0.25, -0.2) is 8.78 Å². The van der Waals surface area contributed by atoms with Crippen molar-refractivity contribution in [1.82, 2.24) is 5.32 Å². The molecule has 6 heteroatoms. The number of aryl methyl sites for hydroxylation is 1. The lowest BCUT2D eigenvalue weighted by Crippen LogP contribution is -2.41. The van der Waals surface area contributed by atoms with Crippen LogP contribution in [0.15, 0.2) is 17.5 Å². The molecule has 1 heterocycles. The molecule has 0 aliphatic rings. The van der Waals surface area contributed by atoms with E-state index in [4.69, 9.17) is 5.73 Å². The van der Waals surface area contributed by atoms with E-state index in [1.54, 1.807) is 11.3 Å². The number of rotatable bonds is 7. The van der Waals surface area contributed by atoms with Gasteiger partial charge >= 0.3 is 0 Å². The smallest absolute Gasteiger partial charge is 0.277 e. The number of halogens is 2. The van der Waals surface area contributed by atoms with Crippen LogP contribution in [0.5, 0.6) is 0 Å². The molecule has 0 saturated heterocycles. The molecule has 17 heavy (non-hydrogen) atoms. The number of carbonyl (C=O) groups excluding carboxylic acids is 1. The molecular weight excluding hydrogens is 246 g/mol. The average Bonchev–Trinajstić information content (AvgIpc) is 2.80. The van der Waals surface area contributed by atoms with Gasteiger partial charge in [0.2, 0.25) is 5.91 Å². The molecule has 1 amide bonds. The second-order valence-electron chi connectivity index (χ2n) is 3.77. The number of hydrogen-bond acceptors (Lipinski definition) is 3. The van der Waals surface area contributed by atoms with Crippen LogP contribution >= 0.6 is 11.3 Å². The Morgan fingerprint density at radius 3 is 2.88 bits per heavy atom. The van der Waals surface area contributed by atoms with Gasteiger partial charge in [-0.1, -0.05) is 6.07 Å². The van der Waals surface area contributed by atoms with E-state index in [-0.39, 0.29) is 12.3 Å². The third kappa shape index (κ3) is 5.74. The predicted molar refractivity (Wildman–Crippen MR) is 64.3 cm³/mol. The summed E-state index contributed by atoms with van der Waals surface area (Å²) in [7, 11) is 0. The monoisotopic (exact) mass is 262 g/mol. The van der Waals surface area contributed by atoms with Gasteiger partial charge in [-0.3, -0.25) is 4.79 Å². The fraction of sp³-hybridized carbons (Fsp3) is 0.545. The van der Waals surface area contributed by atoms with Gasteiger partial charge < -0.3 is 11.1 Å². The Bertz CT molecular complexity index is 341. The minimum Gasteiger partial charge on any atom is -0.350 e. The normalized spacial score (nSPS) is 11.5. The first-order valence-corrected chi connectivity index (χ1v) is 6.28. The van der Waals surface area contributed by atoms with Gasteiger partial charge in [0.15, 0.2) is 0 Å². The van der Waals surface area contributed by atoms with E-state index in [2.05, 4.69) is 5.32 Å². The number of nitrogens with one attached hydrogen (secondary N) is 1. The summed E-state index contributed by atoms with van der Waals surface area (Å²) in [6, 6.07) is 3.94. The van der Waals surface area contributed by atoms with Crippen molar-refractivity contribution in [1.29, 1.82) is 0 Å². The van der Waals surface area contributed by atoms with E-state index < -0.39 is 19.0 Å². The lowest BCUT2D eigenvalue weighted by Gasteiger charge is -2.14. The van der Waals surface area contributed by atoms with Crippen LogP contribution in [0, 0.1) is 0 Å². The molecular formula is C11H16F2N2OS. The minimum absolute atomic E-state index is 0.262. The predicted octanol–water partition coefficient (Wildman–Crippen LogP) is 1.78. The Hall–Kier alpha value is -1.01. The van der Waals surface area contributed by atoms with E-state index in [0.717, 1.165) is 6.42 Å². The SMILES string of the molecule is NCC(F)(F)CNC(=O)CCCc1cccs1. The highest BCUT2D eigenvalue weighted by atomic mass is 32.1. The van der Waals surface area contributed by atoms with Crippen molar-refractivity contribution in [3.8, 4) is 0 Å². The summed E-state index contributed by atoms with van der Waals surface area (Å²) in [4.78, 5) is 12.5. The number of alkyl halides is 2. The van der Waals surface area contributed by atoms with E-state index in [1.165, 1.54) is 4.88 Å². The Balaban J connectivity index is 2.13. The standard InChI is InChI=1S/C11H16F2N2OS/c12-11(13,7-14)8-15-10(16)5-1-3-9-4-2-6-17-9/h2,4,6H,1,3,5,7-8,14H2,(H,15,16). The molecule has 0 aliphatic carbocycles. The summed E-state index contributed by atoms with van der Waals surface area (Å²) in [5.74, 6) is -3.36. The zero-order chi connectivity index (χ0) is 12.7. The molecule has 1 aromatic rings. The second-order valence-corrected chi connectivity index (χ2v) is 4.80. The Morgan fingerprint density at radius 1 is 1.53 bits per heavy atom. The molecule has 0 fully saturated rings. The molecule has 0 unspecified atom stereocenters. The largest absolute Gasteiger partial charge is 0.350 e. The van der Waals surface area contributed by atoms with Crippen LogP contribution in [0.2, 0.25) is 0 Å². The molecule has 3 N–H and O–H groups in total. The summed E-state index contributed by atoms with van der Waals surface area (Å²) >= 11 is 1.63. The maximum atomic E-state index is 12.7. The quantitative estimate of drug-likeness (QED) is 0.787. The topological polar surface area (TPSA) is 55.1 Å². The molecule has 1 aromatic heterocycles. The average molecular weight is 262 g/mol. The number of carbonyl (C=O) groups is 1. The molecule has 96 valence electrons. The van der Waals surface area contributed by atoms with E-state index >= 15 is 0 Å². The Kier molecular flexibility index (Phi) is 5.50. The number of thiophene rings is 1. The molecule has 1 rings (SSSR count). The second kappa shape index (κ2) is 6.66. The van der Waals surface area contributed by atoms with Crippen molar-refractivity contribution in [2.24, 2.45) is 5.73 Å². The third-order valence-corrected chi connectivity index (χ3v) is 3.19. The van der Waals surface area contributed by atoms with Crippen LogP contribution in [0.1, 0.15) is 17.7 Å². The summed E-state index contributed by atoms with van der Waals surface area (Å²) in [6.45, 7) is -1.43. The molecule has 0 aromatic carbocycles. The lowest BCUT2D eigenvalue weighted by atomic mass is 10.2. The van der Waals surface area contributed by atoms with Crippen LogP contribution in [-0.4, -0.2) is 24.9 Å². The third-order valence-electron chi connectivity index (χ3n) is 2.25. The summed E-state index contributed by atoms with van der Waals surface area (Å²) in [5, 5.41) is 4.16. The van der Waals surface area contributed by atoms with Crippen molar-refractivity contribution < 1.29 is 13.6 Å². The Morgan fingerprint density at radius 2 is 2.29 bits per heavy atom. The van der Waals surface area contributed by atoms with E-state index in [1.807, 2.05) is 17.5 Å². The molecule has 0 aliphatic heterocycles. The van der Waals surface area contributed by atoms with Gasteiger partial charge in [-0.15, -0.1) is 11.3 Å². The Labute approximate surface area is 103 Å². The highest BCUT2D eigenvalue weighted by molar-refractivity contribution is 7.09. The molecule has 0 atom stereocenters. The van der Waals surface area contributed by atoms with Gasteiger partial charge in [-0.2, -0.15) is 0 Å². The fourth-order valence-corrected chi connectivity index (χ4v) is 2.02. The van der Waals surface area contributed by atoms with E-state index in [9.17, 15) is 13.6 Å². The lowest BCUT2D eigenvalue weighted by molar-refractivity contribution is -0.122. The molecule has 0 spiro atoms. The summed E-state index contributed by atoms with van der Waals surface area (Å²) in [5.41, 5.74) is 4.86. The van der Waals surface area contributed by atoms with E-state index in [0.29, 0.717) is 6.42 Å². The fourth-order valence-electron chi connectivity index (χ4n) is 1.27. The van der Waals surface area contributed by atoms with Crippen LogP contribution < -0.4 is 11.1 Å². The van der Waals surface area contributed by atoms with Crippen LogP contribution in [0.25, 0.3) is 0 Å². The maximum Gasteiger partial charge on any atom is 0.277 e. The first kappa shape index (κ1) is 14.1. The minimum atomic E-state index is -3.01. The van der Waals surface area contributed by atoms with Crippen molar-refractivity contribution in [2.75, 3.05) is 13.1 Å². The molecule has 0 saturated carbocycles. The molecule has 0 bridgehead atoms. The van der Waals surface area contributed by atoms with Gasteiger partial charge in [0.25, 0.3) is 5.92 Å². The van der Waals surface area contributed by atoms with Gasteiger partial charge in [0, 0.05) is 11.3 Å². The highest BCUT2D eigenvalue weighted by Crippen LogP contribution is 2.12. The van der Waals surface area contributed by atoms with Crippen LogP contribution in [0.3, 0.4) is 0 Å². The van der Waals surface area contributed by atoms with Crippen LogP contribution in [-0.2, 0) is 11.2 Å². The van der Waals surface area contributed by atoms with Crippen LogP contribution in [0.4, 0.5) is 8.78 Å². The van der Waals surface area contributed by atoms with Crippen molar-refractivity contribution in [3.05, 3.63) is 22.4 Å². The van der Waals surface area contributed by atoms with Gasteiger partial charge in [-0.05, 0) is 24.3 Å². The number of amides is 1. The maximum absolute atomic E-state index is 12.7. The van der Waals surface area contributed by atoms with Crippen molar-refractivity contribution in [3.63, 3.8) is 0 Å². The van der Waals surface area contributed by atoms with Gasteiger partial charge in [0.05, 0.1) is 13.1 Å². The first-order chi connectivity index (χ1) is 8.03. The van der Waals surface area contributed by atoms with Gasteiger partial charge in [0.1, 0.15) is 0 Å². The number of hydrogen-bond donors (Lipinski definition) is 2. The zero-order valence-electron chi connectivity index (χ0n) is 9.42. The zero-order valence-corrected chi connectivity index (χ0v) is 10.2. The highest BCUT2D eigenvalue weighted by Gasteiger charge is 2.26. The van der Waals surface area contributed by atoms with Crippen molar-refractivity contribution in [2.45, 2.75) is 25.2 Å². The summed E-state index contributed by atoms with van der Waals surface area (Å²) < 4.78 is 25.4. The number of nitrogens with two attached hydrogens (primary N) is 1.